The molecule has 3 nitrogen and oxygen atoms in total. The van der Waals surface area contributed by atoms with Crippen LogP contribution in [0.1, 0.15) is 46.5 Å². The highest BCUT2D eigenvalue weighted by Gasteiger charge is 2.20. The van der Waals surface area contributed by atoms with Gasteiger partial charge >= 0.3 is 0 Å². The lowest BCUT2D eigenvalue weighted by molar-refractivity contribution is -0.0354. The third-order valence-corrected chi connectivity index (χ3v) is 3.81. The van der Waals surface area contributed by atoms with Gasteiger partial charge in [0.2, 0.25) is 0 Å². The maximum atomic E-state index is 5.90. The third kappa shape index (κ3) is 7.91. The molecule has 0 N–H and O–H groups in total. The van der Waals surface area contributed by atoms with E-state index in [0.717, 1.165) is 32.2 Å². The monoisotopic (exact) mass is 270 g/mol. The Balaban J connectivity index is 2.15. The van der Waals surface area contributed by atoms with E-state index in [1.807, 2.05) is 0 Å². The summed E-state index contributed by atoms with van der Waals surface area (Å²) < 4.78 is 5.90. The Hall–Kier alpha value is -0.120. The first kappa shape index (κ1) is 16.9. The van der Waals surface area contributed by atoms with E-state index < -0.39 is 0 Å². The van der Waals surface area contributed by atoms with Gasteiger partial charge in [0.1, 0.15) is 0 Å². The van der Waals surface area contributed by atoms with E-state index >= 15 is 0 Å². The average molecular weight is 270 g/mol. The van der Waals surface area contributed by atoms with Gasteiger partial charge in [0.25, 0.3) is 0 Å². The molecule has 0 unspecified atom stereocenters. The second-order valence-electron chi connectivity index (χ2n) is 6.45. The molecular formula is C16H34N2O. The standard InChI is InChI=1S/C16H34N2O/c1-5-6-7-9-18-11-12-19-16(14-18)8-10-17(4)13-15(2)3/h15-16H,5-14H2,1-4H3/t16-/m1/s1. The van der Waals surface area contributed by atoms with Gasteiger partial charge in [0.15, 0.2) is 0 Å². The van der Waals surface area contributed by atoms with Gasteiger partial charge in [-0.2, -0.15) is 0 Å². The van der Waals surface area contributed by atoms with Gasteiger partial charge in [-0.15, -0.1) is 0 Å². The van der Waals surface area contributed by atoms with Crippen LogP contribution in [-0.2, 0) is 4.74 Å². The van der Waals surface area contributed by atoms with Gasteiger partial charge in [0, 0.05) is 26.2 Å². The van der Waals surface area contributed by atoms with Crippen LogP contribution in [-0.4, -0.2) is 62.3 Å². The number of hydrogen-bond acceptors (Lipinski definition) is 3. The maximum Gasteiger partial charge on any atom is 0.0714 e. The van der Waals surface area contributed by atoms with Crippen molar-refractivity contribution in [1.82, 2.24) is 9.80 Å². The summed E-state index contributed by atoms with van der Waals surface area (Å²) in [7, 11) is 2.22. The molecule has 1 aliphatic rings. The molecule has 1 aliphatic heterocycles. The predicted molar refractivity (Wildman–Crippen MR) is 82.7 cm³/mol. The first-order valence-electron chi connectivity index (χ1n) is 8.14. The lowest BCUT2D eigenvalue weighted by atomic mass is 10.1. The molecule has 0 saturated carbocycles. The second-order valence-corrected chi connectivity index (χ2v) is 6.45. The molecule has 0 bridgehead atoms. The summed E-state index contributed by atoms with van der Waals surface area (Å²) in [5.74, 6) is 0.753. The van der Waals surface area contributed by atoms with E-state index in [-0.39, 0.29) is 0 Å². The summed E-state index contributed by atoms with van der Waals surface area (Å²) >= 11 is 0. The lowest BCUT2D eigenvalue weighted by Gasteiger charge is -2.33. The van der Waals surface area contributed by atoms with Crippen LogP contribution < -0.4 is 0 Å². The SMILES string of the molecule is CCCCCN1CCO[C@H](CCN(C)CC(C)C)C1. The van der Waals surface area contributed by atoms with E-state index in [9.17, 15) is 0 Å². The average Bonchev–Trinajstić information content (AvgIpc) is 2.36. The zero-order chi connectivity index (χ0) is 14.1. The van der Waals surface area contributed by atoms with E-state index in [2.05, 4.69) is 37.6 Å². The highest BCUT2D eigenvalue weighted by Crippen LogP contribution is 2.11. The van der Waals surface area contributed by atoms with Crippen molar-refractivity contribution in [3.8, 4) is 0 Å². The fraction of sp³-hybridized carbons (Fsp3) is 1.00. The molecule has 0 aromatic heterocycles. The maximum absolute atomic E-state index is 5.90. The summed E-state index contributed by atoms with van der Waals surface area (Å²) in [5, 5.41) is 0. The molecule has 1 saturated heterocycles. The van der Waals surface area contributed by atoms with Crippen LogP contribution in [0.5, 0.6) is 0 Å². The van der Waals surface area contributed by atoms with E-state index in [4.69, 9.17) is 4.74 Å². The number of rotatable bonds is 9. The molecule has 3 heteroatoms. The predicted octanol–water partition coefficient (Wildman–Crippen LogP) is 2.86. The largest absolute Gasteiger partial charge is 0.376 e. The minimum Gasteiger partial charge on any atom is -0.376 e. The molecule has 0 spiro atoms. The quantitative estimate of drug-likeness (QED) is 0.599. The third-order valence-electron chi connectivity index (χ3n) is 3.81. The normalized spacial score (nSPS) is 21.5. The van der Waals surface area contributed by atoms with Crippen LogP contribution in [0.4, 0.5) is 0 Å². The number of hydrogen-bond donors (Lipinski definition) is 0. The molecule has 0 amide bonds. The van der Waals surface area contributed by atoms with Crippen LogP contribution in [0.15, 0.2) is 0 Å². The van der Waals surface area contributed by atoms with Gasteiger partial charge in [-0.1, -0.05) is 33.6 Å². The van der Waals surface area contributed by atoms with E-state index in [1.165, 1.54) is 38.8 Å². The Morgan fingerprint density at radius 3 is 2.79 bits per heavy atom. The molecule has 1 heterocycles. The molecular weight excluding hydrogens is 236 g/mol. The van der Waals surface area contributed by atoms with Gasteiger partial charge in [-0.3, -0.25) is 4.90 Å². The lowest BCUT2D eigenvalue weighted by Crippen LogP contribution is -2.44. The van der Waals surface area contributed by atoms with Gasteiger partial charge in [0.05, 0.1) is 12.7 Å². The summed E-state index contributed by atoms with van der Waals surface area (Å²) in [6, 6.07) is 0. The second kappa shape index (κ2) is 9.73. The Labute approximate surface area is 120 Å². The van der Waals surface area contributed by atoms with Gasteiger partial charge < -0.3 is 9.64 Å². The van der Waals surface area contributed by atoms with E-state index in [0.29, 0.717) is 6.10 Å². The van der Waals surface area contributed by atoms with Crippen molar-refractivity contribution in [2.75, 3.05) is 46.4 Å². The topological polar surface area (TPSA) is 15.7 Å². The first-order valence-corrected chi connectivity index (χ1v) is 8.14. The highest BCUT2D eigenvalue weighted by atomic mass is 16.5. The van der Waals surface area contributed by atoms with Crippen LogP contribution in [0, 0.1) is 5.92 Å². The van der Waals surface area contributed by atoms with Crippen molar-refractivity contribution in [3.05, 3.63) is 0 Å². The van der Waals surface area contributed by atoms with Crippen molar-refractivity contribution in [2.45, 2.75) is 52.6 Å². The minimum absolute atomic E-state index is 0.449. The molecule has 0 aromatic carbocycles. The van der Waals surface area contributed by atoms with Crippen LogP contribution in [0.3, 0.4) is 0 Å². The molecule has 19 heavy (non-hydrogen) atoms. The summed E-state index contributed by atoms with van der Waals surface area (Å²) in [6.45, 7) is 13.6. The van der Waals surface area contributed by atoms with Crippen molar-refractivity contribution in [3.63, 3.8) is 0 Å². The molecule has 0 radical (unpaired) electrons. The van der Waals surface area contributed by atoms with Crippen LogP contribution in [0.25, 0.3) is 0 Å². The molecule has 0 aliphatic carbocycles. The summed E-state index contributed by atoms with van der Waals surface area (Å²) in [6.07, 6.45) is 5.64. The number of nitrogens with zero attached hydrogens (tertiary/aromatic N) is 2. The Morgan fingerprint density at radius 1 is 1.32 bits per heavy atom. The van der Waals surface area contributed by atoms with Gasteiger partial charge in [-0.25, -0.2) is 0 Å². The fourth-order valence-electron chi connectivity index (χ4n) is 2.82. The molecule has 1 fully saturated rings. The highest BCUT2D eigenvalue weighted by molar-refractivity contribution is 4.72. The zero-order valence-corrected chi connectivity index (χ0v) is 13.5. The van der Waals surface area contributed by atoms with Crippen LogP contribution in [0.2, 0.25) is 0 Å². The smallest absolute Gasteiger partial charge is 0.0714 e. The van der Waals surface area contributed by atoms with Crippen molar-refractivity contribution >= 4 is 0 Å². The minimum atomic E-state index is 0.449. The molecule has 114 valence electrons. The zero-order valence-electron chi connectivity index (χ0n) is 13.5. The van der Waals surface area contributed by atoms with Crippen molar-refractivity contribution in [1.29, 1.82) is 0 Å². The first-order chi connectivity index (χ1) is 9.11. The van der Waals surface area contributed by atoms with Crippen LogP contribution >= 0.6 is 0 Å². The Kier molecular flexibility index (Phi) is 8.67. The molecule has 1 rings (SSSR count). The van der Waals surface area contributed by atoms with Gasteiger partial charge in [-0.05, 0) is 32.4 Å². The van der Waals surface area contributed by atoms with E-state index in [1.54, 1.807) is 0 Å². The number of unbranched alkanes of at least 4 members (excludes halogenated alkanes) is 2. The molecule has 1 atom stereocenters. The van der Waals surface area contributed by atoms with Crippen molar-refractivity contribution < 1.29 is 4.74 Å². The van der Waals surface area contributed by atoms with Crippen molar-refractivity contribution in [2.24, 2.45) is 5.92 Å². The Bertz CT molecular complexity index is 221. The number of morpholine rings is 1. The summed E-state index contributed by atoms with van der Waals surface area (Å²) in [5.41, 5.74) is 0. The Morgan fingerprint density at radius 2 is 2.11 bits per heavy atom. The number of ether oxygens (including phenoxy) is 1. The fourth-order valence-corrected chi connectivity index (χ4v) is 2.82. The summed E-state index contributed by atoms with van der Waals surface area (Å²) in [4.78, 5) is 5.02. The molecule has 0 aromatic rings.